The number of nitrogens with zero attached hydrogens (tertiary/aromatic N) is 3. The molecule has 0 aliphatic rings. The predicted molar refractivity (Wildman–Crippen MR) is 80.8 cm³/mol. The molecular weight excluding hydrogens is 248 g/mol. The highest BCUT2D eigenvalue weighted by atomic mass is 15.4. The van der Waals surface area contributed by atoms with E-state index in [2.05, 4.69) is 29.4 Å². The van der Waals surface area contributed by atoms with E-state index >= 15 is 0 Å². The first-order valence-corrected chi connectivity index (χ1v) is 6.93. The minimum atomic E-state index is 0.206. The zero-order valence-electron chi connectivity index (χ0n) is 11.5. The summed E-state index contributed by atoms with van der Waals surface area (Å²) in [5.74, 6) is 0. The van der Waals surface area contributed by atoms with Crippen LogP contribution in [0.2, 0.25) is 0 Å². The molecule has 0 aliphatic carbocycles. The SMILES string of the molecule is CCC(N)Cc1cccc(-n2nnc3ccccc32)c1. The van der Waals surface area contributed by atoms with Gasteiger partial charge in [0.2, 0.25) is 0 Å². The lowest BCUT2D eigenvalue weighted by Gasteiger charge is -2.10. The Morgan fingerprint density at radius 2 is 2.00 bits per heavy atom. The van der Waals surface area contributed by atoms with Gasteiger partial charge in [0.15, 0.2) is 0 Å². The third-order valence-electron chi connectivity index (χ3n) is 3.53. The van der Waals surface area contributed by atoms with E-state index in [1.54, 1.807) is 0 Å². The summed E-state index contributed by atoms with van der Waals surface area (Å²) in [6.07, 6.45) is 1.87. The van der Waals surface area contributed by atoms with Gasteiger partial charge in [0.25, 0.3) is 0 Å². The molecule has 102 valence electrons. The molecule has 0 radical (unpaired) electrons. The molecule has 0 aliphatic heterocycles. The van der Waals surface area contributed by atoms with Crippen LogP contribution in [-0.4, -0.2) is 21.0 Å². The minimum Gasteiger partial charge on any atom is -0.327 e. The summed E-state index contributed by atoms with van der Waals surface area (Å²) in [5.41, 5.74) is 10.2. The molecule has 0 amide bonds. The Morgan fingerprint density at radius 3 is 2.85 bits per heavy atom. The highest BCUT2D eigenvalue weighted by molar-refractivity contribution is 5.75. The van der Waals surface area contributed by atoms with Gasteiger partial charge >= 0.3 is 0 Å². The van der Waals surface area contributed by atoms with Crippen molar-refractivity contribution < 1.29 is 0 Å². The third-order valence-corrected chi connectivity index (χ3v) is 3.53. The number of hydrogen-bond donors (Lipinski definition) is 1. The Kier molecular flexibility index (Phi) is 3.48. The fourth-order valence-electron chi connectivity index (χ4n) is 2.32. The standard InChI is InChI=1S/C16H18N4/c1-2-13(17)10-12-6-5-7-14(11-12)20-16-9-4-3-8-15(16)18-19-20/h3-9,11,13H,2,10,17H2,1H3. The molecule has 0 bridgehead atoms. The van der Waals surface area contributed by atoms with Crippen LogP contribution in [0.3, 0.4) is 0 Å². The van der Waals surface area contributed by atoms with Gasteiger partial charge in [0, 0.05) is 6.04 Å². The summed E-state index contributed by atoms with van der Waals surface area (Å²) < 4.78 is 1.87. The number of hydrogen-bond acceptors (Lipinski definition) is 3. The number of para-hydroxylation sites is 1. The van der Waals surface area contributed by atoms with E-state index in [-0.39, 0.29) is 6.04 Å². The van der Waals surface area contributed by atoms with Gasteiger partial charge in [0.05, 0.1) is 11.2 Å². The van der Waals surface area contributed by atoms with Gasteiger partial charge in [-0.1, -0.05) is 36.4 Å². The normalized spacial score (nSPS) is 12.7. The van der Waals surface area contributed by atoms with Crippen LogP contribution in [0.15, 0.2) is 48.5 Å². The Balaban J connectivity index is 2.00. The van der Waals surface area contributed by atoms with Gasteiger partial charge in [0.1, 0.15) is 5.52 Å². The Morgan fingerprint density at radius 1 is 1.15 bits per heavy atom. The number of rotatable bonds is 4. The summed E-state index contributed by atoms with van der Waals surface area (Å²) in [5, 5.41) is 8.43. The van der Waals surface area contributed by atoms with Gasteiger partial charge in [-0.3, -0.25) is 0 Å². The maximum Gasteiger partial charge on any atom is 0.113 e. The second kappa shape index (κ2) is 5.43. The second-order valence-corrected chi connectivity index (χ2v) is 5.03. The van der Waals surface area contributed by atoms with Gasteiger partial charge in [-0.25, -0.2) is 4.68 Å². The van der Waals surface area contributed by atoms with E-state index in [1.165, 1.54) is 5.56 Å². The van der Waals surface area contributed by atoms with Crippen molar-refractivity contribution in [3.63, 3.8) is 0 Å². The fourth-order valence-corrected chi connectivity index (χ4v) is 2.32. The molecule has 0 fully saturated rings. The first kappa shape index (κ1) is 12.8. The number of benzene rings is 2. The largest absolute Gasteiger partial charge is 0.327 e. The van der Waals surface area contributed by atoms with E-state index < -0.39 is 0 Å². The summed E-state index contributed by atoms with van der Waals surface area (Å²) in [4.78, 5) is 0. The quantitative estimate of drug-likeness (QED) is 0.790. The van der Waals surface area contributed by atoms with Crippen LogP contribution >= 0.6 is 0 Å². The summed E-state index contributed by atoms with van der Waals surface area (Å²) >= 11 is 0. The Bertz CT molecular complexity index is 717. The molecule has 3 rings (SSSR count). The maximum atomic E-state index is 6.03. The van der Waals surface area contributed by atoms with Crippen molar-refractivity contribution in [1.29, 1.82) is 0 Å². The van der Waals surface area contributed by atoms with Crippen LogP contribution in [0, 0.1) is 0 Å². The molecule has 4 nitrogen and oxygen atoms in total. The topological polar surface area (TPSA) is 56.7 Å². The van der Waals surface area contributed by atoms with Crippen LogP contribution in [0.4, 0.5) is 0 Å². The number of fused-ring (bicyclic) bond motifs is 1. The van der Waals surface area contributed by atoms with Gasteiger partial charge in [-0.15, -0.1) is 5.10 Å². The van der Waals surface area contributed by atoms with E-state index in [9.17, 15) is 0 Å². The summed E-state index contributed by atoms with van der Waals surface area (Å²) in [6, 6.07) is 16.5. The molecular formula is C16H18N4. The first-order chi connectivity index (χ1) is 9.78. The van der Waals surface area contributed by atoms with E-state index in [0.29, 0.717) is 0 Å². The summed E-state index contributed by atoms with van der Waals surface area (Å²) in [6.45, 7) is 2.11. The van der Waals surface area contributed by atoms with Crippen LogP contribution < -0.4 is 5.73 Å². The monoisotopic (exact) mass is 266 g/mol. The highest BCUT2D eigenvalue weighted by Crippen LogP contribution is 2.17. The van der Waals surface area contributed by atoms with Crippen molar-refractivity contribution in [2.75, 3.05) is 0 Å². The molecule has 1 aromatic heterocycles. The molecule has 1 heterocycles. The lowest BCUT2D eigenvalue weighted by molar-refractivity contribution is 0.646. The molecule has 4 heteroatoms. The number of aromatic nitrogens is 3. The third kappa shape index (κ3) is 2.42. The minimum absolute atomic E-state index is 0.206. The van der Waals surface area contributed by atoms with Gasteiger partial charge in [-0.2, -0.15) is 0 Å². The van der Waals surface area contributed by atoms with Crippen molar-refractivity contribution in [1.82, 2.24) is 15.0 Å². The van der Waals surface area contributed by atoms with Crippen molar-refractivity contribution in [3.05, 3.63) is 54.1 Å². The first-order valence-electron chi connectivity index (χ1n) is 6.93. The molecule has 0 saturated heterocycles. The highest BCUT2D eigenvalue weighted by Gasteiger charge is 2.07. The van der Waals surface area contributed by atoms with Crippen LogP contribution in [-0.2, 0) is 6.42 Å². The second-order valence-electron chi connectivity index (χ2n) is 5.03. The van der Waals surface area contributed by atoms with Crippen molar-refractivity contribution in [3.8, 4) is 5.69 Å². The zero-order valence-corrected chi connectivity index (χ0v) is 11.5. The van der Waals surface area contributed by atoms with Gasteiger partial charge in [-0.05, 0) is 42.7 Å². The van der Waals surface area contributed by atoms with Crippen LogP contribution in [0.1, 0.15) is 18.9 Å². The molecule has 3 aromatic rings. The predicted octanol–water partition coefficient (Wildman–Crippen LogP) is 2.70. The Labute approximate surface area is 118 Å². The smallest absolute Gasteiger partial charge is 0.113 e. The van der Waals surface area contributed by atoms with E-state index in [4.69, 9.17) is 5.73 Å². The molecule has 20 heavy (non-hydrogen) atoms. The van der Waals surface area contributed by atoms with E-state index in [0.717, 1.165) is 29.6 Å². The Hall–Kier alpha value is -2.20. The molecule has 1 unspecified atom stereocenters. The maximum absolute atomic E-state index is 6.03. The molecule has 2 aromatic carbocycles. The van der Waals surface area contributed by atoms with Crippen molar-refractivity contribution in [2.45, 2.75) is 25.8 Å². The van der Waals surface area contributed by atoms with Crippen LogP contribution in [0.5, 0.6) is 0 Å². The zero-order chi connectivity index (χ0) is 13.9. The molecule has 2 N–H and O–H groups in total. The lowest BCUT2D eigenvalue weighted by atomic mass is 10.0. The van der Waals surface area contributed by atoms with Crippen molar-refractivity contribution in [2.24, 2.45) is 5.73 Å². The van der Waals surface area contributed by atoms with E-state index in [1.807, 2.05) is 41.1 Å². The molecule has 1 atom stereocenters. The van der Waals surface area contributed by atoms with Crippen molar-refractivity contribution >= 4 is 11.0 Å². The molecule has 0 spiro atoms. The summed E-state index contributed by atoms with van der Waals surface area (Å²) in [7, 11) is 0. The average Bonchev–Trinajstić information content (AvgIpc) is 2.91. The average molecular weight is 266 g/mol. The van der Waals surface area contributed by atoms with Crippen LogP contribution in [0.25, 0.3) is 16.7 Å². The lowest BCUT2D eigenvalue weighted by Crippen LogP contribution is -2.21. The number of nitrogens with two attached hydrogens (primary N) is 1. The molecule has 0 saturated carbocycles. The van der Waals surface area contributed by atoms with Gasteiger partial charge < -0.3 is 5.73 Å². The fraction of sp³-hybridized carbons (Fsp3) is 0.250.